The van der Waals surface area contributed by atoms with E-state index in [9.17, 15) is 9.35 Å². The van der Waals surface area contributed by atoms with Crippen LogP contribution in [0, 0.1) is 0 Å². The Morgan fingerprint density at radius 1 is 1.26 bits per heavy atom. The molecule has 0 saturated heterocycles. The third-order valence-electron chi connectivity index (χ3n) is 3.64. The molecule has 1 unspecified atom stereocenters. The lowest BCUT2D eigenvalue weighted by Crippen LogP contribution is -2.23. The molecule has 1 heterocycles. The van der Waals surface area contributed by atoms with E-state index in [0.29, 0.717) is 6.54 Å². The first-order valence-electron chi connectivity index (χ1n) is 7.34. The summed E-state index contributed by atoms with van der Waals surface area (Å²) in [6, 6.07) is 14.0. The topological polar surface area (TPSA) is 52.2 Å². The van der Waals surface area contributed by atoms with E-state index in [1.54, 1.807) is 11.8 Å². The van der Waals surface area contributed by atoms with Crippen LogP contribution in [0.1, 0.15) is 11.1 Å². The quantitative estimate of drug-likeness (QED) is 0.393. The maximum Gasteiger partial charge on any atom is 0.243 e. The van der Waals surface area contributed by atoms with Crippen LogP contribution in [-0.2, 0) is 22.4 Å². The van der Waals surface area contributed by atoms with Crippen LogP contribution in [0.15, 0.2) is 69.8 Å². The number of benzene rings is 2. The average Bonchev–Trinajstić information content (AvgIpc) is 2.58. The predicted octanol–water partition coefficient (Wildman–Crippen LogP) is 3.15. The minimum Gasteiger partial charge on any atom is -0.606 e. The second kappa shape index (κ2) is 7.25. The highest BCUT2D eigenvalue weighted by Gasteiger charge is 2.27. The molecule has 1 aliphatic heterocycles. The van der Waals surface area contributed by atoms with Gasteiger partial charge in [0.15, 0.2) is 9.79 Å². The Labute approximate surface area is 143 Å². The first-order chi connectivity index (χ1) is 11.2. The number of carbonyl (C=O) groups excluding carboxylic acids is 1. The fraction of sp³-hybridized carbons (Fsp3) is 0.167. The van der Waals surface area contributed by atoms with Gasteiger partial charge in [0.05, 0.1) is 0 Å². The van der Waals surface area contributed by atoms with Gasteiger partial charge in [0.1, 0.15) is 0 Å². The summed E-state index contributed by atoms with van der Waals surface area (Å²) < 4.78 is 12.6. The minimum absolute atomic E-state index is 0.150. The second-order valence-electron chi connectivity index (χ2n) is 5.17. The monoisotopic (exact) mass is 343 g/mol. The summed E-state index contributed by atoms with van der Waals surface area (Å²) in [6.45, 7) is 4.02. The molecule has 0 fully saturated rings. The van der Waals surface area contributed by atoms with Gasteiger partial charge in [-0.25, -0.2) is 0 Å². The summed E-state index contributed by atoms with van der Waals surface area (Å²) in [5.41, 5.74) is 2.26. The van der Waals surface area contributed by atoms with Gasteiger partial charge in [-0.15, -0.1) is 11.8 Å². The third kappa shape index (κ3) is 3.63. The highest BCUT2D eigenvalue weighted by atomic mass is 32.2. The third-order valence-corrected chi connectivity index (χ3v) is 6.23. The van der Waals surface area contributed by atoms with Gasteiger partial charge in [-0.1, -0.05) is 24.8 Å². The Morgan fingerprint density at radius 2 is 2.04 bits per heavy atom. The molecule has 3 rings (SSSR count). The van der Waals surface area contributed by atoms with Crippen molar-refractivity contribution in [2.75, 3.05) is 12.3 Å². The van der Waals surface area contributed by atoms with E-state index in [2.05, 4.69) is 18.0 Å². The van der Waals surface area contributed by atoms with Crippen molar-refractivity contribution in [3.8, 4) is 0 Å². The van der Waals surface area contributed by atoms with Crippen molar-refractivity contribution in [1.82, 2.24) is 5.32 Å². The molecule has 1 atom stereocenters. The molecule has 0 aliphatic carbocycles. The Morgan fingerprint density at radius 3 is 2.87 bits per heavy atom. The van der Waals surface area contributed by atoms with Gasteiger partial charge in [-0.3, -0.25) is 4.79 Å². The molecule has 0 bridgehead atoms. The highest BCUT2D eigenvalue weighted by molar-refractivity contribution is 7.99. The molecule has 2 aromatic carbocycles. The number of rotatable bonds is 5. The lowest BCUT2D eigenvalue weighted by molar-refractivity contribution is -0.116. The standard InChI is InChI=1S/C18H17NO2S2/c1-2-18(20)19-9-10-22-15-7-8-17-14(12-15)11-13-5-3-4-6-16(13)23(17)21/h2-8,12H,1,9-11H2,(H,19,20). The van der Waals surface area contributed by atoms with Crippen LogP contribution in [0.4, 0.5) is 0 Å². The number of nitrogens with one attached hydrogen (secondary N) is 1. The fourth-order valence-corrected chi connectivity index (χ4v) is 4.74. The SMILES string of the molecule is C=CC(=O)NCCSc1ccc2c(c1)Cc1ccccc1[S+]2[O-]. The van der Waals surface area contributed by atoms with Gasteiger partial charge >= 0.3 is 0 Å². The lowest BCUT2D eigenvalue weighted by atomic mass is 10.0. The summed E-state index contributed by atoms with van der Waals surface area (Å²) in [6.07, 6.45) is 2.09. The Balaban J connectivity index is 1.69. The molecule has 1 amide bonds. The molecule has 0 spiro atoms. The average molecular weight is 343 g/mol. The molecule has 1 aliphatic rings. The molecule has 0 radical (unpaired) electrons. The van der Waals surface area contributed by atoms with E-state index >= 15 is 0 Å². The zero-order valence-electron chi connectivity index (χ0n) is 12.6. The Bertz CT molecular complexity index is 746. The number of carbonyl (C=O) groups is 1. The van der Waals surface area contributed by atoms with E-state index in [4.69, 9.17) is 0 Å². The van der Waals surface area contributed by atoms with E-state index in [1.165, 1.54) is 6.08 Å². The summed E-state index contributed by atoms with van der Waals surface area (Å²) >= 11 is 0.590. The van der Waals surface area contributed by atoms with Crippen LogP contribution in [0.25, 0.3) is 0 Å². The highest BCUT2D eigenvalue weighted by Crippen LogP contribution is 2.36. The fourth-order valence-electron chi connectivity index (χ4n) is 2.53. The van der Waals surface area contributed by atoms with E-state index in [0.717, 1.165) is 38.0 Å². The molecule has 23 heavy (non-hydrogen) atoms. The van der Waals surface area contributed by atoms with Gasteiger partial charge < -0.3 is 9.87 Å². The second-order valence-corrected chi connectivity index (χ2v) is 7.75. The molecular formula is C18H17NO2S2. The van der Waals surface area contributed by atoms with Crippen LogP contribution in [0.5, 0.6) is 0 Å². The van der Waals surface area contributed by atoms with Crippen LogP contribution in [0.2, 0.25) is 0 Å². The number of amides is 1. The molecule has 2 aromatic rings. The maximum absolute atomic E-state index is 12.6. The number of fused-ring (bicyclic) bond motifs is 2. The lowest BCUT2D eigenvalue weighted by Gasteiger charge is -2.22. The molecule has 0 saturated carbocycles. The van der Waals surface area contributed by atoms with E-state index in [1.807, 2.05) is 36.4 Å². The number of hydrogen-bond donors (Lipinski definition) is 1. The van der Waals surface area contributed by atoms with Gasteiger partial charge in [0.25, 0.3) is 0 Å². The van der Waals surface area contributed by atoms with E-state index in [-0.39, 0.29) is 5.91 Å². The van der Waals surface area contributed by atoms with Crippen molar-refractivity contribution < 1.29 is 9.35 Å². The van der Waals surface area contributed by atoms with Gasteiger partial charge in [0.2, 0.25) is 5.91 Å². The Hall–Kier alpha value is -1.69. The molecule has 0 aromatic heterocycles. The summed E-state index contributed by atoms with van der Waals surface area (Å²) in [4.78, 5) is 14.1. The molecular weight excluding hydrogens is 326 g/mol. The molecule has 1 N–H and O–H groups in total. The number of hydrogen-bond acceptors (Lipinski definition) is 3. The van der Waals surface area contributed by atoms with Crippen LogP contribution < -0.4 is 5.32 Å². The van der Waals surface area contributed by atoms with Gasteiger partial charge in [-0.2, -0.15) is 0 Å². The zero-order valence-corrected chi connectivity index (χ0v) is 14.2. The summed E-state index contributed by atoms with van der Waals surface area (Å²) in [5, 5.41) is 2.76. The van der Waals surface area contributed by atoms with Crippen LogP contribution in [-0.4, -0.2) is 22.8 Å². The first kappa shape index (κ1) is 16.2. The van der Waals surface area contributed by atoms with Gasteiger partial charge in [-0.05, 0) is 30.3 Å². The van der Waals surface area contributed by atoms with E-state index < -0.39 is 11.2 Å². The van der Waals surface area contributed by atoms with Crippen LogP contribution in [0.3, 0.4) is 0 Å². The first-order valence-corrected chi connectivity index (χ1v) is 9.48. The zero-order chi connectivity index (χ0) is 16.2. The van der Waals surface area contributed by atoms with Crippen molar-refractivity contribution in [3.63, 3.8) is 0 Å². The largest absolute Gasteiger partial charge is 0.606 e. The normalized spacial score (nSPS) is 15.4. The molecule has 5 heteroatoms. The minimum atomic E-state index is -1.09. The summed E-state index contributed by atoms with van der Waals surface area (Å²) in [7, 11) is 0. The van der Waals surface area contributed by atoms with Crippen molar-refractivity contribution in [2.45, 2.75) is 21.1 Å². The van der Waals surface area contributed by atoms with Crippen molar-refractivity contribution >= 4 is 28.8 Å². The smallest absolute Gasteiger partial charge is 0.243 e. The predicted molar refractivity (Wildman–Crippen MR) is 94.3 cm³/mol. The Kier molecular flexibility index (Phi) is 5.10. The van der Waals surface area contributed by atoms with Crippen molar-refractivity contribution in [1.29, 1.82) is 0 Å². The molecule has 3 nitrogen and oxygen atoms in total. The number of thioether (sulfide) groups is 1. The van der Waals surface area contributed by atoms with Crippen LogP contribution >= 0.6 is 11.8 Å². The van der Waals surface area contributed by atoms with Gasteiger partial charge in [0, 0.05) is 45.9 Å². The van der Waals surface area contributed by atoms with Crippen molar-refractivity contribution in [3.05, 3.63) is 66.2 Å². The summed E-state index contributed by atoms with van der Waals surface area (Å²) in [5.74, 6) is 0.640. The van der Waals surface area contributed by atoms with Crippen molar-refractivity contribution in [2.24, 2.45) is 0 Å². The maximum atomic E-state index is 12.6. The molecule has 118 valence electrons.